The molecule has 2 heterocycles. The number of aryl methyl sites for hydroxylation is 1. The standard InChI is InChI=1S/C22H14FNO5S/c1-12-2-4-13(5-3-12)17(25)10-24-21(27)19(30-22(24)28)8-14-11-29-18-9-15(23)6-7-16(18)20(14)26/h2-9,11H,10H2,1H3/b19-8-. The predicted molar refractivity (Wildman–Crippen MR) is 111 cm³/mol. The van der Waals surface area contributed by atoms with Gasteiger partial charge in [0.15, 0.2) is 11.2 Å². The zero-order chi connectivity index (χ0) is 21.4. The van der Waals surface area contributed by atoms with E-state index in [2.05, 4.69) is 0 Å². The van der Waals surface area contributed by atoms with Gasteiger partial charge in [0.05, 0.1) is 22.4 Å². The molecule has 0 unspecified atom stereocenters. The van der Waals surface area contributed by atoms with Crippen LogP contribution < -0.4 is 5.43 Å². The van der Waals surface area contributed by atoms with Crippen LogP contribution in [-0.4, -0.2) is 28.4 Å². The second kappa shape index (κ2) is 7.72. The lowest BCUT2D eigenvalue weighted by Crippen LogP contribution is -2.33. The molecule has 1 fully saturated rings. The monoisotopic (exact) mass is 423 g/mol. The third-order valence-electron chi connectivity index (χ3n) is 4.60. The van der Waals surface area contributed by atoms with Gasteiger partial charge in [-0.25, -0.2) is 4.39 Å². The molecule has 6 nitrogen and oxygen atoms in total. The van der Waals surface area contributed by atoms with Crippen molar-refractivity contribution in [3.05, 3.63) is 86.4 Å². The molecule has 0 radical (unpaired) electrons. The quantitative estimate of drug-likeness (QED) is 0.463. The molecule has 2 amide bonds. The highest BCUT2D eigenvalue weighted by atomic mass is 32.2. The molecule has 30 heavy (non-hydrogen) atoms. The second-order valence-corrected chi connectivity index (χ2v) is 7.71. The molecule has 0 saturated carbocycles. The van der Waals surface area contributed by atoms with Crippen molar-refractivity contribution in [2.45, 2.75) is 6.92 Å². The highest BCUT2D eigenvalue weighted by molar-refractivity contribution is 8.18. The maximum atomic E-state index is 13.3. The van der Waals surface area contributed by atoms with Crippen molar-refractivity contribution in [2.75, 3.05) is 6.54 Å². The van der Waals surface area contributed by atoms with Gasteiger partial charge in [-0.15, -0.1) is 0 Å². The molecule has 8 heteroatoms. The fourth-order valence-corrected chi connectivity index (χ4v) is 3.80. The van der Waals surface area contributed by atoms with Crippen molar-refractivity contribution >= 4 is 45.7 Å². The SMILES string of the molecule is Cc1ccc(C(=O)CN2C(=O)S/C(=C\c3coc4cc(F)ccc4c3=O)C2=O)cc1. The first-order chi connectivity index (χ1) is 14.3. The molecule has 150 valence electrons. The largest absolute Gasteiger partial charge is 0.463 e. The van der Waals surface area contributed by atoms with Gasteiger partial charge in [0, 0.05) is 11.6 Å². The Balaban J connectivity index is 1.60. The van der Waals surface area contributed by atoms with Gasteiger partial charge in [-0.3, -0.25) is 24.1 Å². The van der Waals surface area contributed by atoms with Crippen LogP contribution in [0.5, 0.6) is 0 Å². The van der Waals surface area contributed by atoms with Gasteiger partial charge in [-0.2, -0.15) is 0 Å². The lowest BCUT2D eigenvalue weighted by molar-refractivity contribution is -0.122. The maximum absolute atomic E-state index is 13.3. The molecule has 1 aliphatic heterocycles. The number of thioether (sulfide) groups is 1. The van der Waals surface area contributed by atoms with Crippen molar-refractivity contribution in [1.29, 1.82) is 0 Å². The summed E-state index contributed by atoms with van der Waals surface area (Å²) in [5, 5.41) is -0.446. The first kappa shape index (κ1) is 19.8. The fourth-order valence-electron chi connectivity index (χ4n) is 2.97. The van der Waals surface area contributed by atoms with Crippen molar-refractivity contribution in [1.82, 2.24) is 4.90 Å². The Morgan fingerprint density at radius 1 is 1.13 bits per heavy atom. The Morgan fingerprint density at radius 3 is 2.60 bits per heavy atom. The van der Waals surface area contributed by atoms with Crippen LogP contribution in [0.4, 0.5) is 9.18 Å². The number of benzene rings is 2. The Morgan fingerprint density at radius 2 is 1.87 bits per heavy atom. The first-order valence-electron chi connectivity index (χ1n) is 8.90. The minimum absolute atomic E-state index is 0.00506. The van der Waals surface area contributed by atoms with Gasteiger partial charge in [0.2, 0.25) is 0 Å². The van der Waals surface area contributed by atoms with Crippen LogP contribution in [0.15, 0.2) is 62.8 Å². The molecule has 0 N–H and O–H groups in total. The molecule has 1 aliphatic rings. The topological polar surface area (TPSA) is 84.7 Å². The van der Waals surface area contributed by atoms with E-state index in [-0.39, 0.29) is 27.2 Å². The van der Waals surface area contributed by atoms with E-state index < -0.39 is 28.9 Å². The summed E-state index contributed by atoms with van der Waals surface area (Å²) in [5.41, 5.74) is 1.04. The third-order valence-corrected chi connectivity index (χ3v) is 5.51. The van der Waals surface area contributed by atoms with Gasteiger partial charge >= 0.3 is 0 Å². The number of fused-ring (bicyclic) bond motifs is 1. The number of carbonyl (C=O) groups is 3. The third kappa shape index (κ3) is 3.69. The summed E-state index contributed by atoms with van der Waals surface area (Å²) in [4.78, 5) is 50.8. The summed E-state index contributed by atoms with van der Waals surface area (Å²) in [6.45, 7) is 1.49. The van der Waals surface area contributed by atoms with Gasteiger partial charge in [-0.1, -0.05) is 29.8 Å². The number of Topliss-reactive ketones (excluding diaryl/α,β-unsaturated/α-hetero) is 1. The minimum atomic E-state index is -0.663. The first-order valence-corrected chi connectivity index (χ1v) is 9.71. The van der Waals surface area contributed by atoms with E-state index in [1.54, 1.807) is 24.3 Å². The summed E-state index contributed by atoms with van der Waals surface area (Å²) >= 11 is 0.639. The smallest absolute Gasteiger partial charge is 0.293 e. The fraction of sp³-hybridized carbons (Fsp3) is 0.0909. The van der Waals surface area contributed by atoms with Crippen molar-refractivity contribution < 1.29 is 23.2 Å². The number of hydrogen-bond donors (Lipinski definition) is 0. The second-order valence-electron chi connectivity index (χ2n) is 6.72. The summed E-state index contributed by atoms with van der Waals surface area (Å²) in [7, 11) is 0. The molecule has 3 aromatic rings. The zero-order valence-corrected chi connectivity index (χ0v) is 16.5. The molecule has 0 spiro atoms. The summed E-state index contributed by atoms with van der Waals surface area (Å²) < 4.78 is 18.6. The van der Waals surface area contributed by atoms with Crippen LogP contribution in [0.25, 0.3) is 17.0 Å². The van der Waals surface area contributed by atoms with E-state index in [0.717, 1.165) is 28.9 Å². The van der Waals surface area contributed by atoms with E-state index >= 15 is 0 Å². The maximum Gasteiger partial charge on any atom is 0.293 e. The van der Waals surface area contributed by atoms with Crippen LogP contribution in [0.1, 0.15) is 21.5 Å². The Kier molecular flexibility index (Phi) is 5.09. The van der Waals surface area contributed by atoms with Gasteiger partial charge in [-0.05, 0) is 36.9 Å². The number of nitrogens with zero attached hydrogens (tertiary/aromatic N) is 1. The molecule has 2 aromatic carbocycles. The number of amides is 2. The molecule has 1 aromatic heterocycles. The Hall–Kier alpha value is -3.52. The molecular weight excluding hydrogens is 409 g/mol. The zero-order valence-electron chi connectivity index (χ0n) is 15.7. The average Bonchev–Trinajstić information content (AvgIpc) is 2.98. The van der Waals surface area contributed by atoms with Gasteiger partial charge in [0.25, 0.3) is 11.1 Å². The van der Waals surface area contributed by atoms with E-state index in [4.69, 9.17) is 4.42 Å². The molecule has 4 rings (SSSR count). The van der Waals surface area contributed by atoms with Gasteiger partial charge < -0.3 is 4.42 Å². The van der Waals surface area contributed by atoms with Crippen LogP contribution in [-0.2, 0) is 4.79 Å². The van der Waals surface area contributed by atoms with Crippen LogP contribution >= 0.6 is 11.8 Å². The summed E-state index contributed by atoms with van der Waals surface area (Å²) in [6, 6.07) is 10.3. The highest BCUT2D eigenvalue weighted by Crippen LogP contribution is 2.32. The van der Waals surface area contributed by atoms with Crippen LogP contribution in [0.2, 0.25) is 0 Å². The number of imide groups is 1. The van der Waals surface area contributed by atoms with Crippen molar-refractivity contribution in [3.8, 4) is 0 Å². The predicted octanol–water partition coefficient (Wildman–Crippen LogP) is 4.16. The van der Waals surface area contributed by atoms with E-state index in [9.17, 15) is 23.6 Å². The van der Waals surface area contributed by atoms with Crippen LogP contribution in [0, 0.1) is 12.7 Å². The lowest BCUT2D eigenvalue weighted by Gasteiger charge is -2.11. The van der Waals surface area contributed by atoms with Crippen LogP contribution in [0.3, 0.4) is 0 Å². The Bertz CT molecular complexity index is 1290. The van der Waals surface area contributed by atoms with Gasteiger partial charge in [0.1, 0.15) is 17.7 Å². The molecule has 1 saturated heterocycles. The molecule has 0 atom stereocenters. The molecule has 0 bridgehead atoms. The molecule has 0 aliphatic carbocycles. The van der Waals surface area contributed by atoms with Crippen molar-refractivity contribution in [3.63, 3.8) is 0 Å². The number of ketones is 1. The highest BCUT2D eigenvalue weighted by Gasteiger charge is 2.36. The van der Waals surface area contributed by atoms with E-state index in [0.29, 0.717) is 17.3 Å². The lowest BCUT2D eigenvalue weighted by atomic mass is 10.1. The number of halogens is 1. The number of carbonyl (C=O) groups excluding carboxylic acids is 3. The summed E-state index contributed by atoms with van der Waals surface area (Å²) in [6.07, 6.45) is 2.35. The van der Waals surface area contributed by atoms with E-state index in [1.807, 2.05) is 6.92 Å². The Labute approximate surface area is 174 Å². The summed E-state index contributed by atoms with van der Waals surface area (Å²) in [5.74, 6) is -1.58. The van der Waals surface area contributed by atoms with E-state index in [1.165, 1.54) is 12.1 Å². The minimum Gasteiger partial charge on any atom is -0.463 e. The normalized spacial score (nSPS) is 15.4. The number of rotatable bonds is 4. The van der Waals surface area contributed by atoms with Crippen molar-refractivity contribution in [2.24, 2.45) is 0 Å². The molecular formula is C22H14FNO5S. The number of hydrogen-bond acceptors (Lipinski definition) is 6. The average molecular weight is 423 g/mol.